The lowest BCUT2D eigenvalue weighted by Crippen LogP contribution is -1.86. The van der Waals surface area contributed by atoms with Crippen molar-refractivity contribution in [1.82, 2.24) is 4.98 Å². The van der Waals surface area contributed by atoms with Gasteiger partial charge < -0.3 is 0 Å². The molecule has 224 valence electrons. The van der Waals surface area contributed by atoms with E-state index in [0.717, 1.165) is 22.4 Å². The van der Waals surface area contributed by atoms with Gasteiger partial charge in [0.15, 0.2) is 0 Å². The van der Waals surface area contributed by atoms with Crippen molar-refractivity contribution in [2.24, 2.45) is 0 Å². The summed E-state index contributed by atoms with van der Waals surface area (Å²) < 4.78 is 5.51. The van der Waals surface area contributed by atoms with Gasteiger partial charge in [-0.05, 0) is 85.8 Å². The molecule has 3 heterocycles. The zero-order valence-corrected chi connectivity index (χ0v) is 27.5. The fraction of sp³-hybridized carbons (Fsp3) is 0. The van der Waals surface area contributed by atoms with Gasteiger partial charge in [-0.25, -0.2) is 0 Å². The molecule has 0 saturated carbocycles. The summed E-state index contributed by atoms with van der Waals surface area (Å²) in [6.45, 7) is 0. The summed E-state index contributed by atoms with van der Waals surface area (Å²) >= 11 is 3.84. The smallest absolute Gasteiger partial charge is 0.0702 e. The van der Waals surface area contributed by atoms with Crippen molar-refractivity contribution in [3.8, 4) is 44.6 Å². The van der Waals surface area contributed by atoms with Crippen LogP contribution < -0.4 is 0 Å². The van der Waals surface area contributed by atoms with Crippen LogP contribution >= 0.6 is 22.7 Å². The van der Waals surface area contributed by atoms with E-state index in [9.17, 15) is 0 Å². The van der Waals surface area contributed by atoms with Crippen LogP contribution in [-0.4, -0.2) is 4.98 Å². The van der Waals surface area contributed by atoms with E-state index in [1.807, 2.05) is 28.9 Å². The highest BCUT2D eigenvalue weighted by Gasteiger charge is 2.14. The van der Waals surface area contributed by atoms with Gasteiger partial charge in [-0.1, -0.05) is 121 Å². The highest BCUT2D eigenvalue weighted by molar-refractivity contribution is 7.36. The number of aromatic nitrogens is 1. The lowest BCUT2D eigenvalue weighted by Gasteiger charge is -2.08. The molecule has 0 amide bonds. The Balaban J connectivity index is 0.927. The highest BCUT2D eigenvalue weighted by atomic mass is 32.1. The van der Waals surface area contributed by atoms with E-state index in [1.54, 1.807) is 0 Å². The van der Waals surface area contributed by atoms with Crippen LogP contribution in [0.4, 0.5) is 0 Å². The topological polar surface area (TPSA) is 12.9 Å². The molecule has 0 aliphatic carbocycles. The van der Waals surface area contributed by atoms with Gasteiger partial charge in [-0.2, -0.15) is 0 Å². The Morgan fingerprint density at radius 1 is 0.333 bits per heavy atom. The van der Waals surface area contributed by atoms with E-state index in [-0.39, 0.29) is 0 Å². The van der Waals surface area contributed by atoms with Crippen molar-refractivity contribution in [3.63, 3.8) is 0 Å². The molecule has 0 aliphatic rings. The first-order valence-corrected chi connectivity index (χ1v) is 17.8. The van der Waals surface area contributed by atoms with Crippen molar-refractivity contribution in [1.29, 1.82) is 0 Å². The van der Waals surface area contributed by atoms with E-state index < -0.39 is 0 Å². The summed E-state index contributed by atoms with van der Waals surface area (Å²) in [6.07, 6.45) is 1.99. The second-order valence-corrected chi connectivity index (χ2v) is 14.5. The Morgan fingerprint density at radius 3 is 1.38 bits per heavy atom. The minimum atomic E-state index is 0.987. The van der Waals surface area contributed by atoms with Crippen molar-refractivity contribution < 1.29 is 0 Å². The molecular formula is C45H27NS2. The summed E-state index contributed by atoms with van der Waals surface area (Å²) in [5.74, 6) is 0. The molecule has 0 N–H and O–H groups in total. The van der Waals surface area contributed by atoms with Crippen LogP contribution in [0.5, 0.6) is 0 Å². The number of hydrogen-bond acceptors (Lipinski definition) is 3. The monoisotopic (exact) mass is 645 g/mol. The SMILES string of the molecule is c1ccc(-c2ccc(-c3ccc(-c4ccc(-c5ccc6cc7c(cc6c5)sc5c6cc8ccccc8cc6sc75)nc4)cc3)cc2)cc1. The Morgan fingerprint density at radius 2 is 0.792 bits per heavy atom. The fourth-order valence-electron chi connectivity index (χ4n) is 6.92. The van der Waals surface area contributed by atoms with E-state index in [0.29, 0.717) is 0 Å². The molecule has 0 fully saturated rings. The first kappa shape index (κ1) is 27.5. The zero-order valence-electron chi connectivity index (χ0n) is 25.9. The largest absolute Gasteiger partial charge is 0.256 e. The lowest BCUT2D eigenvalue weighted by atomic mass is 9.98. The number of pyridine rings is 1. The number of benzene rings is 7. The predicted molar refractivity (Wildman–Crippen MR) is 209 cm³/mol. The van der Waals surface area contributed by atoms with Crippen LogP contribution in [-0.2, 0) is 0 Å². The van der Waals surface area contributed by atoms with Crippen LogP contribution in [0, 0.1) is 0 Å². The molecular weight excluding hydrogens is 619 g/mol. The molecule has 0 saturated heterocycles. The normalized spacial score (nSPS) is 11.8. The summed E-state index contributed by atoms with van der Waals surface area (Å²) in [4.78, 5) is 4.90. The molecule has 10 rings (SSSR count). The minimum absolute atomic E-state index is 0.987. The van der Waals surface area contributed by atoms with Crippen molar-refractivity contribution in [3.05, 3.63) is 164 Å². The second kappa shape index (κ2) is 11.0. The van der Waals surface area contributed by atoms with E-state index >= 15 is 0 Å². The number of hydrogen-bond donors (Lipinski definition) is 0. The average Bonchev–Trinajstić information content (AvgIpc) is 3.68. The summed E-state index contributed by atoms with van der Waals surface area (Å²) in [5, 5.41) is 7.86. The second-order valence-electron chi connectivity index (χ2n) is 12.4. The molecule has 0 spiro atoms. The number of fused-ring (bicyclic) bond motifs is 7. The van der Waals surface area contributed by atoms with Gasteiger partial charge in [0.25, 0.3) is 0 Å². The highest BCUT2D eigenvalue weighted by Crippen LogP contribution is 2.46. The Bertz CT molecular complexity index is 2790. The number of thiophene rings is 2. The van der Waals surface area contributed by atoms with Gasteiger partial charge in [0, 0.05) is 37.5 Å². The number of nitrogens with zero attached hydrogens (tertiary/aromatic N) is 1. The molecule has 0 bridgehead atoms. The molecule has 1 nitrogen and oxygen atoms in total. The maximum Gasteiger partial charge on any atom is 0.0702 e. The summed E-state index contributed by atoms with van der Waals surface area (Å²) in [5.41, 5.74) is 9.30. The molecule has 10 aromatic rings. The van der Waals surface area contributed by atoms with Crippen LogP contribution in [0.25, 0.3) is 95.8 Å². The van der Waals surface area contributed by atoms with E-state index in [2.05, 4.69) is 158 Å². The van der Waals surface area contributed by atoms with Crippen LogP contribution in [0.3, 0.4) is 0 Å². The standard InChI is InChI=1S/C45H27NS2/c1-2-6-28(7-3-1)29-10-12-30(13-11-29)31-14-16-32(17-15-31)37-20-21-41(46-27-37)36-19-18-35-24-40-43(26-38(35)22-36)48-44-39-23-33-8-4-5-9-34(33)25-42(39)47-45(40)44/h1-27H. The van der Waals surface area contributed by atoms with Crippen molar-refractivity contribution in [2.75, 3.05) is 0 Å². The van der Waals surface area contributed by atoms with Crippen molar-refractivity contribution in [2.45, 2.75) is 0 Å². The van der Waals surface area contributed by atoms with Gasteiger partial charge in [0.2, 0.25) is 0 Å². The molecule has 0 atom stereocenters. The third kappa shape index (κ3) is 4.63. The first-order chi connectivity index (χ1) is 23.7. The average molecular weight is 646 g/mol. The summed E-state index contributed by atoms with van der Waals surface area (Å²) in [6, 6.07) is 57.3. The quantitative estimate of drug-likeness (QED) is 0.186. The lowest BCUT2D eigenvalue weighted by molar-refractivity contribution is 1.33. The van der Waals surface area contributed by atoms with Gasteiger partial charge in [-0.3, -0.25) is 4.98 Å². The van der Waals surface area contributed by atoms with Crippen molar-refractivity contribution >= 4 is 73.8 Å². The maximum absolute atomic E-state index is 4.90. The van der Waals surface area contributed by atoms with E-state index in [4.69, 9.17) is 4.98 Å². The molecule has 3 heteroatoms. The van der Waals surface area contributed by atoms with Gasteiger partial charge in [0.05, 0.1) is 15.1 Å². The molecule has 3 aromatic heterocycles. The Labute approximate surface area is 286 Å². The molecule has 7 aromatic carbocycles. The number of rotatable bonds is 4. The van der Waals surface area contributed by atoms with Gasteiger partial charge in [-0.15, -0.1) is 22.7 Å². The van der Waals surface area contributed by atoms with Crippen LogP contribution in [0.15, 0.2) is 164 Å². The van der Waals surface area contributed by atoms with E-state index in [1.165, 1.54) is 73.4 Å². The Hall–Kier alpha value is -5.61. The van der Waals surface area contributed by atoms with Crippen LogP contribution in [0.1, 0.15) is 0 Å². The molecule has 48 heavy (non-hydrogen) atoms. The molecule has 0 unspecified atom stereocenters. The third-order valence-corrected chi connectivity index (χ3v) is 12.0. The summed E-state index contributed by atoms with van der Waals surface area (Å²) in [7, 11) is 0. The minimum Gasteiger partial charge on any atom is -0.256 e. The first-order valence-electron chi connectivity index (χ1n) is 16.2. The third-order valence-electron chi connectivity index (χ3n) is 9.51. The molecule has 0 aliphatic heterocycles. The molecule has 0 radical (unpaired) electrons. The fourth-order valence-corrected chi connectivity index (χ4v) is 9.62. The Kier molecular flexibility index (Phi) is 6.29. The maximum atomic E-state index is 4.90. The van der Waals surface area contributed by atoms with Gasteiger partial charge >= 0.3 is 0 Å². The zero-order chi connectivity index (χ0) is 31.6. The predicted octanol–water partition coefficient (Wildman–Crippen LogP) is 13.6. The van der Waals surface area contributed by atoms with Gasteiger partial charge in [0.1, 0.15) is 0 Å². The van der Waals surface area contributed by atoms with Crippen LogP contribution in [0.2, 0.25) is 0 Å².